The van der Waals surface area contributed by atoms with Crippen LogP contribution in [0.4, 0.5) is 17.8 Å². The molecule has 2 aliphatic rings. The van der Waals surface area contributed by atoms with Gasteiger partial charge in [-0.25, -0.2) is 10.2 Å². The highest BCUT2D eigenvalue weighted by molar-refractivity contribution is 5.81. The van der Waals surface area contributed by atoms with Gasteiger partial charge in [-0.2, -0.15) is 20.1 Å². The standard InChI is InChI=1S/C22H29N7O5/c1-32-18-13-16(5-6-17(18)34-15-19(30)31)14-23-27-20-24-21(28-7-3-2-4-8-28)26-22(25-20)29-9-11-33-12-10-29/h5-6,13-14H,2-4,7-12,15H2,1H3,(H,30,31)(H,24,25,26,27). The second kappa shape index (κ2) is 11.5. The number of carboxylic acids is 1. The van der Waals surface area contributed by atoms with Crippen molar-refractivity contribution in [2.75, 3.05) is 68.3 Å². The van der Waals surface area contributed by atoms with Gasteiger partial charge in [0.05, 0.1) is 26.5 Å². The smallest absolute Gasteiger partial charge is 0.341 e. The highest BCUT2D eigenvalue weighted by Gasteiger charge is 2.20. The molecule has 0 atom stereocenters. The van der Waals surface area contributed by atoms with E-state index in [-0.39, 0.29) is 0 Å². The molecule has 34 heavy (non-hydrogen) atoms. The van der Waals surface area contributed by atoms with Gasteiger partial charge in [-0.05, 0) is 43.0 Å². The first kappa shape index (κ1) is 23.5. The van der Waals surface area contributed by atoms with E-state index in [0.717, 1.165) is 44.6 Å². The fourth-order valence-corrected chi connectivity index (χ4v) is 3.73. The number of carboxylic acid groups (broad SMARTS) is 1. The summed E-state index contributed by atoms with van der Waals surface area (Å²) in [6.45, 7) is 4.12. The molecule has 0 aliphatic carbocycles. The van der Waals surface area contributed by atoms with Gasteiger partial charge in [0, 0.05) is 26.2 Å². The minimum absolute atomic E-state index is 0.341. The molecule has 1 aromatic carbocycles. The minimum atomic E-state index is -1.06. The molecule has 2 saturated heterocycles. The van der Waals surface area contributed by atoms with Crippen molar-refractivity contribution < 1.29 is 24.1 Å². The molecule has 0 saturated carbocycles. The Morgan fingerprint density at radius 2 is 1.79 bits per heavy atom. The molecule has 0 radical (unpaired) electrons. The van der Waals surface area contributed by atoms with E-state index in [1.54, 1.807) is 24.4 Å². The largest absolute Gasteiger partial charge is 0.493 e. The van der Waals surface area contributed by atoms with Gasteiger partial charge in [0.15, 0.2) is 18.1 Å². The van der Waals surface area contributed by atoms with Crippen LogP contribution in [0.1, 0.15) is 24.8 Å². The Balaban J connectivity index is 1.50. The molecule has 2 aromatic rings. The van der Waals surface area contributed by atoms with E-state index < -0.39 is 12.6 Å². The second-order valence-corrected chi connectivity index (χ2v) is 7.87. The van der Waals surface area contributed by atoms with Crippen LogP contribution in [0.25, 0.3) is 0 Å². The van der Waals surface area contributed by atoms with Crippen molar-refractivity contribution in [3.8, 4) is 11.5 Å². The lowest BCUT2D eigenvalue weighted by atomic mass is 10.1. The third-order valence-electron chi connectivity index (χ3n) is 5.46. The molecular weight excluding hydrogens is 442 g/mol. The molecule has 3 heterocycles. The van der Waals surface area contributed by atoms with Crippen LogP contribution in [0, 0.1) is 0 Å². The number of piperidine rings is 1. The SMILES string of the molecule is COc1cc(C=NNc2nc(N3CCCCC3)nc(N3CCOCC3)n2)ccc1OCC(=O)O. The number of ether oxygens (including phenoxy) is 3. The molecular formula is C22H29N7O5. The molecule has 2 aliphatic heterocycles. The number of aromatic nitrogens is 3. The fourth-order valence-electron chi connectivity index (χ4n) is 3.73. The molecule has 4 rings (SSSR count). The number of hydrazone groups is 1. The number of methoxy groups -OCH3 is 1. The number of nitrogens with one attached hydrogen (secondary N) is 1. The fraction of sp³-hybridized carbons (Fsp3) is 0.500. The van der Waals surface area contributed by atoms with Crippen LogP contribution in [0.5, 0.6) is 11.5 Å². The van der Waals surface area contributed by atoms with Gasteiger partial charge in [-0.3, -0.25) is 0 Å². The predicted octanol–water partition coefficient (Wildman–Crippen LogP) is 1.62. The summed E-state index contributed by atoms with van der Waals surface area (Å²) in [6.07, 6.45) is 5.06. The summed E-state index contributed by atoms with van der Waals surface area (Å²) in [5.74, 6) is 1.31. The maximum Gasteiger partial charge on any atom is 0.341 e. The number of hydrogen-bond acceptors (Lipinski definition) is 11. The van der Waals surface area contributed by atoms with E-state index in [2.05, 4.69) is 30.3 Å². The summed E-state index contributed by atoms with van der Waals surface area (Å²) in [5, 5.41) is 13.1. The maximum absolute atomic E-state index is 10.7. The van der Waals surface area contributed by atoms with Gasteiger partial charge in [-0.15, -0.1) is 0 Å². The van der Waals surface area contributed by atoms with Gasteiger partial charge in [-0.1, -0.05) is 0 Å². The summed E-state index contributed by atoms with van der Waals surface area (Å²) in [4.78, 5) is 28.9. The normalized spacial score (nSPS) is 16.5. The lowest BCUT2D eigenvalue weighted by Gasteiger charge is -2.30. The zero-order chi connectivity index (χ0) is 23.8. The van der Waals surface area contributed by atoms with Gasteiger partial charge >= 0.3 is 5.97 Å². The van der Waals surface area contributed by atoms with E-state index in [1.165, 1.54) is 13.5 Å². The quantitative estimate of drug-likeness (QED) is 0.408. The first-order valence-electron chi connectivity index (χ1n) is 11.3. The van der Waals surface area contributed by atoms with Crippen molar-refractivity contribution >= 4 is 30.0 Å². The van der Waals surface area contributed by atoms with Crippen LogP contribution in [0.3, 0.4) is 0 Å². The molecule has 0 spiro atoms. The molecule has 0 amide bonds. The monoisotopic (exact) mass is 471 g/mol. The van der Waals surface area contributed by atoms with Crippen molar-refractivity contribution in [1.29, 1.82) is 0 Å². The molecule has 1 aromatic heterocycles. The predicted molar refractivity (Wildman–Crippen MR) is 126 cm³/mol. The number of benzene rings is 1. The van der Waals surface area contributed by atoms with E-state index >= 15 is 0 Å². The summed E-state index contributed by atoms with van der Waals surface area (Å²) in [7, 11) is 1.49. The molecule has 2 N–H and O–H groups in total. The van der Waals surface area contributed by atoms with Crippen molar-refractivity contribution in [3.63, 3.8) is 0 Å². The molecule has 0 unspecified atom stereocenters. The zero-order valence-corrected chi connectivity index (χ0v) is 19.1. The third kappa shape index (κ3) is 6.22. The van der Waals surface area contributed by atoms with Crippen molar-refractivity contribution in [1.82, 2.24) is 15.0 Å². The number of morpholine rings is 1. The number of hydrogen-bond donors (Lipinski definition) is 2. The van der Waals surface area contributed by atoms with Gasteiger partial charge in [0.25, 0.3) is 0 Å². The Morgan fingerprint density at radius 1 is 1.09 bits per heavy atom. The van der Waals surface area contributed by atoms with Crippen molar-refractivity contribution in [2.45, 2.75) is 19.3 Å². The second-order valence-electron chi connectivity index (χ2n) is 7.87. The number of rotatable bonds is 9. The van der Waals surface area contributed by atoms with E-state index in [4.69, 9.17) is 24.3 Å². The summed E-state index contributed by atoms with van der Waals surface area (Å²) < 4.78 is 16.0. The van der Waals surface area contributed by atoms with Crippen molar-refractivity contribution in [3.05, 3.63) is 23.8 Å². The lowest BCUT2D eigenvalue weighted by molar-refractivity contribution is -0.139. The van der Waals surface area contributed by atoms with Crippen LogP contribution >= 0.6 is 0 Å². The Labute approximate surface area is 197 Å². The number of nitrogens with zero attached hydrogens (tertiary/aromatic N) is 6. The van der Waals surface area contributed by atoms with Gasteiger partial charge in [0.2, 0.25) is 17.8 Å². The Bertz CT molecular complexity index is 971. The average molecular weight is 472 g/mol. The van der Waals surface area contributed by atoms with E-state index in [0.29, 0.717) is 42.6 Å². The lowest BCUT2D eigenvalue weighted by Crippen LogP contribution is -2.38. The number of carbonyl (C=O) groups is 1. The van der Waals surface area contributed by atoms with Crippen molar-refractivity contribution in [2.24, 2.45) is 5.10 Å². The third-order valence-corrected chi connectivity index (χ3v) is 5.46. The Kier molecular flexibility index (Phi) is 7.91. The number of anilines is 3. The summed E-state index contributed by atoms with van der Waals surface area (Å²) in [5.41, 5.74) is 3.64. The van der Waals surface area contributed by atoms with Gasteiger partial charge < -0.3 is 29.1 Å². The van der Waals surface area contributed by atoms with Crippen LogP contribution in [-0.4, -0.2) is 85.4 Å². The van der Waals surface area contributed by atoms with E-state index in [9.17, 15) is 4.79 Å². The van der Waals surface area contributed by atoms with Crippen LogP contribution in [-0.2, 0) is 9.53 Å². The highest BCUT2D eigenvalue weighted by Crippen LogP contribution is 2.27. The minimum Gasteiger partial charge on any atom is -0.493 e. The topological polar surface area (TPSA) is 135 Å². The molecule has 0 bridgehead atoms. The van der Waals surface area contributed by atoms with Gasteiger partial charge in [0.1, 0.15) is 0 Å². The summed E-state index contributed by atoms with van der Waals surface area (Å²) >= 11 is 0. The Morgan fingerprint density at radius 3 is 2.47 bits per heavy atom. The molecule has 2 fully saturated rings. The average Bonchev–Trinajstić information content (AvgIpc) is 2.88. The van der Waals surface area contributed by atoms with E-state index in [1.807, 2.05) is 0 Å². The molecule has 182 valence electrons. The van der Waals surface area contributed by atoms with Crippen LogP contribution in [0.15, 0.2) is 23.3 Å². The van der Waals surface area contributed by atoms with Crippen LogP contribution in [0.2, 0.25) is 0 Å². The highest BCUT2D eigenvalue weighted by atomic mass is 16.5. The number of aliphatic carboxylic acids is 1. The first-order valence-corrected chi connectivity index (χ1v) is 11.3. The summed E-state index contributed by atoms with van der Waals surface area (Å²) in [6, 6.07) is 5.09. The first-order chi connectivity index (χ1) is 16.6. The van der Waals surface area contributed by atoms with Crippen LogP contribution < -0.4 is 24.7 Å². The maximum atomic E-state index is 10.7. The molecule has 12 heteroatoms. The Hall–Kier alpha value is -3.67. The zero-order valence-electron chi connectivity index (χ0n) is 19.1. The molecule has 12 nitrogen and oxygen atoms in total.